The zero-order valence-corrected chi connectivity index (χ0v) is 9.55. The number of nitrogens with zero attached hydrogens (tertiary/aromatic N) is 1. The molecule has 0 aliphatic heterocycles. The summed E-state index contributed by atoms with van der Waals surface area (Å²) in [4.78, 5) is 5.04. The molecule has 1 atom stereocenters. The van der Waals surface area contributed by atoms with Gasteiger partial charge < -0.3 is 5.11 Å². The molecular weight excluding hydrogens is 247 g/mol. The lowest BCUT2D eigenvalue weighted by molar-refractivity contribution is -0.195. The predicted octanol–water partition coefficient (Wildman–Crippen LogP) is 2.61. The van der Waals surface area contributed by atoms with Crippen molar-refractivity contribution < 1.29 is 18.3 Å². The van der Waals surface area contributed by atoms with Crippen LogP contribution in [0.3, 0.4) is 0 Å². The summed E-state index contributed by atoms with van der Waals surface area (Å²) >= 11 is 2.48. The van der Waals surface area contributed by atoms with Gasteiger partial charge in [0.2, 0.25) is 0 Å². The van der Waals surface area contributed by atoms with Crippen LogP contribution in [0.1, 0.15) is 9.88 Å². The molecule has 0 unspecified atom stereocenters. The van der Waals surface area contributed by atoms with Crippen molar-refractivity contribution in [1.82, 2.24) is 4.98 Å². The number of thioether (sulfide) groups is 1. The first kappa shape index (κ1) is 12.8. The summed E-state index contributed by atoms with van der Waals surface area (Å²) in [7, 11) is 0. The van der Waals surface area contributed by atoms with Crippen LogP contribution in [0.4, 0.5) is 13.2 Å². The van der Waals surface area contributed by atoms with Crippen LogP contribution in [0.15, 0.2) is 6.20 Å². The fraction of sp³-hybridized carbons (Fsp3) is 0.625. The van der Waals surface area contributed by atoms with Crippen LogP contribution in [0.2, 0.25) is 0 Å². The predicted molar refractivity (Wildman–Crippen MR) is 55.1 cm³/mol. The third-order valence-electron chi connectivity index (χ3n) is 1.55. The zero-order chi connectivity index (χ0) is 11.5. The van der Waals surface area contributed by atoms with Crippen molar-refractivity contribution >= 4 is 23.1 Å². The number of aryl methyl sites for hydroxylation is 1. The van der Waals surface area contributed by atoms with E-state index in [0.29, 0.717) is 5.75 Å². The fourth-order valence-electron chi connectivity index (χ4n) is 0.821. The Morgan fingerprint density at radius 1 is 1.60 bits per heavy atom. The van der Waals surface area contributed by atoms with E-state index in [1.54, 1.807) is 6.20 Å². The minimum atomic E-state index is -4.52. The van der Waals surface area contributed by atoms with Gasteiger partial charge in [-0.2, -0.15) is 24.9 Å². The van der Waals surface area contributed by atoms with Crippen LogP contribution < -0.4 is 0 Å². The molecule has 0 amide bonds. The van der Waals surface area contributed by atoms with Gasteiger partial charge in [0.1, 0.15) is 5.01 Å². The molecular formula is C8H10F3NOS2. The lowest BCUT2D eigenvalue weighted by Gasteiger charge is -2.13. The molecule has 2 nitrogen and oxygen atoms in total. The Labute approximate surface area is 93.5 Å². The van der Waals surface area contributed by atoms with Crippen LogP contribution in [0.5, 0.6) is 0 Å². The zero-order valence-electron chi connectivity index (χ0n) is 7.91. The molecule has 1 aromatic rings. The normalized spacial score (nSPS) is 14.2. The molecule has 0 saturated carbocycles. The number of rotatable bonds is 4. The minimum Gasteiger partial charge on any atom is -0.383 e. The number of aliphatic hydroxyl groups excluding tert-OH is 1. The second kappa shape index (κ2) is 5.18. The van der Waals surface area contributed by atoms with Crippen LogP contribution in [0, 0.1) is 6.92 Å². The Hall–Kier alpha value is -0.270. The number of aliphatic hydroxyl groups is 1. The van der Waals surface area contributed by atoms with Gasteiger partial charge in [-0.1, -0.05) is 0 Å². The summed E-state index contributed by atoms with van der Waals surface area (Å²) < 4.78 is 35.7. The van der Waals surface area contributed by atoms with E-state index in [1.165, 1.54) is 11.3 Å². The Balaban J connectivity index is 2.28. The maximum Gasteiger partial charge on any atom is 0.415 e. The second-order valence-electron chi connectivity index (χ2n) is 2.94. The van der Waals surface area contributed by atoms with Crippen molar-refractivity contribution in [3.63, 3.8) is 0 Å². The van der Waals surface area contributed by atoms with E-state index in [9.17, 15) is 13.2 Å². The van der Waals surface area contributed by atoms with Crippen LogP contribution >= 0.6 is 23.1 Å². The topological polar surface area (TPSA) is 33.1 Å². The first-order valence-electron chi connectivity index (χ1n) is 4.13. The first-order chi connectivity index (χ1) is 6.89. The van der Waals surface area contributed by atoms with E-state index < -0.39 is 12.3 Å². The first-order valence-corrected chi connectivity index (χ1v) is 6.10. The van der Waals surface area contributed by atoms with Crippen molar-refractivity contribution in [1.29, 1.82) is 0 Å². The molecule has 0 aromatic carbocycles. The van der Waals surface area contributed by atoms with Crippen molar-refractivity contribution in [2.24, 2.45) is 0 Å². The Morgan fingerprint density at radius 3 is 2.73 bits per heavy atom. The standard InChI is InChI=1S/C8H10F3NOS2/c1-5-2-12-7(15-5)4-14-3-6(13)8(9,10)11/h2,6,13H,3-4H2,1H3/t6-/m1/s1. The van der Waals surface area contributed by atoms with Gasteiger partial charge in [-0.05, 0) is 6.92 Å². The van der Waals surface area contributed by atoms with E-state index in [0.717, 1.165) is 21.6 Å². The van der Waals surface area contributed by atoms with Gasteiger partial charge in [-0.3, -0.25) is 0 Å². The van der Waals surface area contributed by atoms with Gasteiger partial charge in [-0.25, -0.2) is 4.98 Å². The third kappa shape index (κ3) is 4.40. The summed E-state index contributed by atoms with van der Waals surface area (Å²) in [6, 6.07) is 0. The van der Waals surface area contributed by atoms with Crippen molar-refractivity contribution in [2.45, 2.75) is 25.0 Å². The smallest absolute Gasteiger partial charge is 0.383 e. The molecule has 15 heavy (non-hydrogen) atoms. The minimum absolute atomic E-state index is 0.345. The summed E-state index contributed by atoms with van der Waals surface area (Å²) in [5, 5.41) is 9.49. The largest absolute Gasteiger partial charge is 0.415 e. The third-order valence-corrected chi connectivity index (χ3v) is 3.67. The number of hydrogen-bond acceptors (Lipinski definition) is 4. The maximum atomic E-state index is 11.9. The number of aromatic nitrogens is 1. The average Bonchev–Trinajstić information content (AvgIpc) is 2.49. The monoisotopic (exact) mass is 257 g/mol. The van der Waals surface area contributed by atoms with Crippen LogP contribution in [0.25, 0.3) is 0 Å². The summed E-state index contributed by atoms with van der Waals surface area (Å²) in [5.74, 6) is 0.0633. The van der Waals surface area contributed by atoms with Crippen molar-refractivity contribution in [3.05, 3.63) is 16.1 Å². The molecule has 1 rings (SSSR count). The highest BCUT2D eigenvalue weighted by atomic mass is 32.2. The summed E-state index contributed by atoms with van der Waals surface area (Å²) in [6.07, 6.45) is -5.09. The molecule has 0 aliphatic rings. The highest BCUT2D eigenvalue weighted by Crippen LogP contribution is 2.25. The van der Waals surface area contributed by atoms with Crippen LogP contribution in [-0.2, 0) is 5.75 Å². The van der Waals surface area contributed by atoms with E-state index in [1.807, 2.05) is 6.92 Å². The molecule has 86 valence electrons. The van der Waals surface area contributed by atoms with Gasteiger partial charge in [0.15, 0.2) is 6.10 Å². The number of halogens is 3. The van der Waals surface area contributed by atoms with E-state index in [-0.39, 0.29) is 5.75 Å². The average molecular weight is 257 g/mol. The van der Waals surface area contributed by atoms with Gasteiger partial charge in [0.05, 0.1) is 0 Å². The molecule has 0 spiro atoms. The van der Waals surface area contributed by atoms with Gasteiger partial charge in [-0.15, -0.1) is 11.3 Å². The van der Waals surface area contributed by atoms with E-state index >= 15 is 0 Å². The molecule has 0 radical (unpaired) electrons. The molecule has 1 N–H and O–H groups in total. The fourth-order valence-corrected chi connectivity index (χ4v) is 2.67. The van der Waals surface area contributed by atoms with E-state index in [4.69, 9.17) is 5.11 Å². The highest BCUT2D eigenvalue weighted by molar-refractivity contribution is 7.98. The number of hydrogen-bond donors (Lipinski definition) is 1. The molecule has 1 aromatic heterocycles. The van der Waals surface area contributed by atoms with Gasteiger partial charge >= 0.3 is 6.18 Å². The quantitative estimate of drug-likeness (QED) is 0.900. The molecule has 1 heterocycles. The van der Waals surface area contributed by atoms with Crippen LogP contribution in [-0.4, -0.2) is 28.1 Å². The SMILES string of the molecule is Cc1cnc(CSC[C@@H](O)C(F)(F)F)s1. The number of thiazole rings is 1. The van der Waals surface area contributed by atoms with E-state index in [2.05, 4.69) is 4.98 Å². The molecule has 0 fully saturated rings. The summed E-state index contributed by atoms with van der Waals surface area (Å²) in [6.45, 7) is 1.89. The Morgan fingerprint density at radius 2 is 2.27 bits per heavy atom. The lowest BCUT2D eigenvalue weighted by atomic mass is 10.4. The van der Waals surface area contributed by atoms with Gasteiger partial charge in [0, 0.05) is 22.6 Å². The molecule has 0 saturated heterocycles. The van der Waals surface area contributed by atoms with Gasteiger partial charge in [0.25, 0.3) is 0 Å². The van der Waals surface area contributed by atoms with Crippen molar-refractivity contribution in [2.75, 3.05) is 5.75 Å². The number of alkyl halides is 3. The molecule has 0 aliphatic carbocycles. The highest BCUT2D eigenvalue weighted by Gasteiger charge is 2.37. The molecule has 7 heteroatoms. The molecule has 0 bridgehead atoms. The lowest BCUT2D eigenvalue weighted by Crippen LogP contribution is -2.30. The Kier molecular flexibility index (Phi) is 4.42. The Bertz CT molecular complexity index is 313. The maximum absolute atomic E-state index is 11.9. The second-order valence-corrected chi connectivity index (χ2v) is 5.29. The summed E-state index contributed by atoms with van der Waals surface area (Å²) in [5.41, 5.74) is 0. The van der Waals surface area contributed by atoms with Crippen molar-refractivity contribution in [3.8, 4) is 0 Å².